The summed E-state index contributed by atoms with van der Waals surface area (Å²) in [5.41, 5.74) is 4.29. The van der Waals surface area contributed by atoms with E-state index in [1.807, 2.05) is 83.1 Å². The summed E-state index contributed by atoms with van der Waals surface area (Å²) < 4.78 is 0. The van der Waals surface area contributed by atoms with Gasteiger partial charge in [-0.15, -0.1) is 0 Å². The van der Waals surface area contributed by atoms with E-state index in [9.17, 15) is 9.59 Å². The summed E-state index contributed by atoms with van der Waals surface area (Å²) in [7, 11) is 0. The molecule has 156 valence electrons. The first-order chi connectivity index (χ1) is 13.8. The lowest BCUT2D eigenvalue weighted by atomic mass is 10.0. The van der Waals surface area contributed by atoms with Crippen LogP contribution in [0.15, 0.2) is 48.5 Å². The van der Waals surface area contributed by atoms with Crippen molar-refractivity contribution in [1.29, 1.82) is 0 Å². The fraction of sp³-hybridized carbons (Fsp3) is 0.440. The zero-order chi connectivity index (χ0) is 21.4. The van der Waals surface area contributed by atoms with Gasteiger partial charge >= 0.3 is 0 Å². The fourth-order valence-electron chi connectivity index (χ4n) is 3.43. The number of carbonyl (C=O) groups excluding carboxylic acids is 2. The Bertz CT molecular complexity index is 831. The van der Waals surface area contributed by atoms with Gasteiger partial charge in [0.1, 0.15) is 6.04 Å². The predicted octanol–water partition coefficient (Wildman–Crippen LogP) is 4.57. The summed E-state index contributed by atoms with van der Waals surface area (Å²) in [5.74, 6) is -0.0990. The smallest absolute Gasteiger partial charge is 0.243 e. The quantitative estimate of drug-likeness (QED) is 0.677. The summed E-state index contributed by atoms with van der Waals surface area (Å²) in [6.45, 7) is 10.5. The molecule has 4 heteroatoms. The number of benzene rings is 2. The second-order valence-electron chi connectivity index (χ2n) is 7.86. The molecule has 4 nitrogen and oxygen atoms in total. The molecule has 2 rings (SSSR count). The van der Waals surface area contributed by atoms with Crippen molar-refractivity contribution in [2.45, 2.75) is 72.5 Å². The van der Waals surface area contributed by atoms with Crippen LogP contribution in [-0.4, -0.2) is 28.8 Å². The summed E-state index contributed by atoms with van der Waals surface area (Å²) in [4.78, 5) is 28.1. The first kappa shape index (κ1) is 22.7. The molecule has 2 atom stereocenters. The Morgan fingerprint density at radius 1 is 1.00 bits per heavy atom. The third-order valence-corrected chi connectivity index (χ3v) is 5.43. The standard InChI is InChI=1S/C25H34N2O2/c1-6-20(5)26-25(29)23(7-2)27(17-22-14-9-8-12-19(22)4)24(28)16-21-13-10-11-18(3)15-21/h8-15,20,23H,6-7,16-17H2,1-5H3,(H,26,29)/t20-,23+/m1/s1. The fourth-order valence-corrected chi connectivity index (χ4v) is 3.43. The molecule has 2 aromatic carbocycles. The van der Waals surface area contributed by atoms with E-state index in [1.54, 1.807) is 4.90 Å². The van der Waals surface area contributed by atoms with E-state index in [-0.39, 0.29) is 17.9 Å². The van der Waals surface area contributed by atoms with Crippen molar-refractivity contribution >= 4 is 11.8 Å². The molecule has 0 radical (unpaired) electrons. The van der Waals surface area contributed by atoms with Gasteiger partial charge in [-0.1, -0.05) is 67.9 Å². The van der Waals surface area contributed by atoms with E-state index in [0.29, 0.717) is 19.4 Å². The second-order valence-corrected chi connectivity index (χ2v) is 7.86. The molecule has 0 unspecified atom stereocenters. The number of carbonyl (C=O) groups is 2. The number of rotatable bonds is 9. The average molecular weight is 395 g/mol. The van der Waals surface area contributed by atoms with Crippen molar-refractivity contribution in [2.75, 3.05) is 0 Å². The van der Waals surface area contributed by atoms with Gasteiger partial charge < -0.3 is 10.2 Å². The van der Waals surface area contributed by atoms with Gasteiger partial charge in [-0.05, 0) is 50.3 Å². The highest BCUT2D eigenvalue weighted by Crippen LogP contribution is 2.17. The lowest BCUT2D eigenvalue weighted by Gasteiger charge is -2.32. The van der Waals surface area contributed by atoms with Crippen LogP contribution in [0.4, 0.5) is 0 Å². The summed E-state index contributed by atoms with van der Waals surface area (Å²) in [6.07, 6.45) is 1.73. The van der Waals surface area contributed by atoms with Crippen LogP contribution in [0.1, 0.15) is 55.9 Å². The van der Waals surface area contributed by atoms with Crippen LogP contribution in [-0.2, 0) is 22.6 Å². The minimum absolute atomic E-state index is 0.0231. The van der Waals surface area contributed by atoms with Gasteiger partial charge in [0.05, 0.1) is 6.42 Å². The van der Waals surface area contributed by atoms with Crippen LogP contribution in [0.25, 0.3) is 0 Å². The molecule has 1 N–H and O–H groups in total. The second kappa shape index (κ2) is 10.8. The highest BCUT2D eigenvalue weighted by Gasteiger charge is 2.29. The van der Waals surface area contributed by atoms with Crippen molar-refractivity contribution in [3.63, 3.8) is 0 Å². The third kappa shape index (κ3) is 6.45. The van der Waals surface area contributed by atoms with Crippen LogP contribution >= 0.6 is 0 Å². The van der Waals surface area contributed by atoms with Crippen molar-refractivity contribution in [2.24, 2.45) is 0 Å². The number of hydrogen-bond donors (Lipinski definition) is 1. The minimum atomic E-state index is -0.485. The molecule has 0 fully saturated rings. The molecule has 2 amide bonds. The van der Waals surface area contributed by atoms with Gasteiger partial charge in [-0.2, -0.15) is 0 Å². The summed E-state index contributed by atoms with van der Waals surface area (Å²) >= 11 is 0. The van der Waals surface area contributed by atoms with Gasteiger partial charge in [0.2, 0.25) is 11.8 Å². The lowest BCUT2D eigenvalue weighted by molar-refractivity contribution is -0.141. The maximum absolute atomic E-state index is 13.3. The van der Waals surface area contributed by atoms with Crippen LogP contribution in [0, 0.1) is 13.8 Å². The molecule has 0 saturated heterocycles. The first-order valence-corrected chi connectivity index (χ1v) is 10.6. The van der Waals surface area contributed by atoms with E-state index < -0.39 is 6.04 Å². The van der Waals surface area contributed by atoms with Crippen molar-refractivity contribution < 1.29 is 9.59 Å². The number of nitrogens with zero attached hydrogens (tertiary/aromatic N) is 1. The zero-order valence-electron chi connectivity index (χ0n) is 18.4. The van der Waals surface area contributed by atoms with Crippen molar-refractivity contribution in [3.8, 4) is 0 Å². The van der Waals surface area contributed by atoms with Gasteiger partial charge in [0, 0.05) is 12.6 Å². The van der Waals surface area contributed by atoms with Gasteiger partial charge in [-0.3, -0.25) is 9.59 Å². The Morgan fingerprint density at radius 3 is 2.34 bits per heavy atom. The molecular weight excluding hydrogens is 360 g/mol. The Morgan fingerprint density at radius 2 is 1.72 bits per heavy atom. The van der Waals surface area contributed by atoms with Gasteiger partial charge in [-0.25, -0.2) is 0 Å². The summed E-state index contributed by atoms with van der Waals surface area (Å²) in [6, 6.07) is 15.6. The molecule has 0 aliphatic rings. The summed E-state index contributed by atoms with van der Waals surface area (Å²) in [5, 5.41) is 3.06. The molecule has 0 aromatic heterocycles. The maximum atomic E-state index is 13.3. The van der Waals surface area contributed by atoms with E-state index in [4.69, 9.17) is 0 Å². The zero-order valence-corrected chi connectivity index (χ0v) is 18.4. The molecule has 0 aliphatic carbocycles. The van der Waals surface area contributed by atoms with E-state index in [2.05, 4.69) is 5.32 Å². The van der Waals surface area contributed by atoms with Crippen LogP contribution in [0.3, 0.4) is 0 Å². The topological polar surface area (TPSA) is 49.4 Å². The van der Waals surface area contributed by atoms with Crippen LogP contribution in [0.2, 0.25) is 0 Å². The monoisotopic (exact) mass is 394 g/mol. The van der Waals surface area contributed by atoms with Crippen molar-refractivity contribution in [1.82, 2.24) is 10.2 Å². The molecule has 0 aliphatic heterocycles. The van der Waals surface area contributed by atoms with E-state index >= 15 is 0 Å². The Kier molecular flexibility index (Phi) is 8.44. The maximum Gasteiger partial charge on any atom is 0.243 e. The van der Waals surface area contributed by atoms with Gasteiger partial charge in [0.25, 0.3) is 0 Å². The highest BCUT2D eigenvalue weighted by atomic mass is 16.2. The molecule has 0 bridgehead atoms. The van der Waals surface area contributed by atoms with E-state index in [1.165, 1.54) is 0 Å². The third-order valence-electron chi connectivity index (χ3n) is 5.43. The van der Waals surface area contributed by atoms with Crippen molar-refractivity contribution in [3.05, 3.63) is 70.8 Å². The minimum Gasteiger partial charge on any atom is -0.352 e. The average Bonchev–Trinajstić information content (AvgIpc) is 2.69. The van der Waals surface area contributed by atoms with E-state index in [0.717, 1.165) is 28.7 Å². The first-order valence-electron chi connectivity index (χ1n) is 10.6. The molecule has 2 aromatic rings. The van der Waals surface area contributed by atoms with Crippen LogP contribution in [0.5, 0.6) is 0 Å². The lowest BCUT2D eigenvalue weighted by Crippen LogP contribution is -2.51. The Labute approximate surface area is 175 Å². The number of amides is 2. The molecule has 29 heavy (non-hydrogen) atoms. The highest BCUT2D eigenvalue weighted by molar-refractivity contribution is 5.88. The molecule has 0 heterocycles. The SMILES string of the molecule is CC[C@@H](C)NC(=O)[C@H](CC)N(Cc1ccccc1C)C(=O)Cc1cccc(C)c1. The Balaban J connectivity index is 2.31. The molecular formula is C25H34N2O2. The van der Waals surface area contributed by atoms with Crippen LogP contribution < -0.4 is 5.32 Å². The Hall–Kier alpha value is -2.62. The number of hydrogen-bond acceptors (Lipinski definition) is 2. The van der Waals surface area contributed by atoms with Gasteiger partial charge in [0.15, 0.2) is 0 Å². The predicted molar refractivity (Wildman–Crippen MR) is 119 cm³/mol. The normalized spacial score (nSPS) is 12.9. The number of aryl methyl sites for hydroxylation is 2. The molecule has 0 spiro atoms. The number of nitrogens with one attached hydrogen (secondary N) is 1. The largest absolute Gasteiger partial charge is 0.352 e. The molecule has 0 saturated carbocycles.